The summed E-state index contributed by atoms with van der Waals surface area (Å²) in [5.41, 5.74) is 5.44. The van der Waals surface area contributed by atoms with Crippen molar-refractivity contribution in [3.63, 3.8) is 0 Å². The molecule has 16 heavy (non-hydrogen) atoms. The van der Waals surface area contributed by atoms with Crippen LogP contribution in [-0.4, -0.2) is 29.1 Å². The minimum Gasteiger partial charge on any atom is -0.492 e. The monoisotopic (exact) mass is 226 g/mol. The van der Waals surface area contributed by atoms with Crippen LogP contribution in [0.15, 0.2) is 18.3 Å². The van der Waals surface area contributed by atoms with Gasteiger partial charge in [-0.15, -0.1) is 0 Å². The fraction of sp³-hybridized carbons (Fsp3) is 0.545. The maximum Gasteiger partial charge on any atom is 0.159 e. The first kappa shape index (κ1) is 12.7. The molecule has 1 aromatic rings. The van der Waals surface area contributed by atoms with Crippen LogP contribution in [-0.2, 0) is 4.74 Å². The predicted octanol–water partition coefficient (Wildman–Crippen LogP) is 1.18. The van der Waals surface area contributed by atoms with Gasteiger partial charge in [0.2, 0.25) is 0 Å². The van der Waals surface area contributed by atoms with Crippen LogP contribution in [0.3, 0.4) is 0 Å². The highest BCUT2D eigenvalue weighted by molar-refractivity contribution is 5.31. The van der Waals surface area contributed by atoms with Crippen LogP contribution in [0.5, 0.6) is 5.75 Å². The average molecular weight is 226 g/mol. The van der Waals surface area contributed by atoms with Gasteiger partial charge < -0.3 is 20.3 Å². The average Bonchev–Trinajstić information content (AvgIpc) is 2.19. The molecule has 0 aliphatic heterocycles. The maximum absolute atomic E-state index is 9.28. The Balaban J connectivity index is 2.14. The predicted molar refractivity (Wildman–Crippen MR) is 61.0 cm³/mol. The Hall–Kier alpha value is -1.33. The largest absolute Gasteiger partial charge is 0.492 e. The zero-order valence-corrected chi connectivity index (χ0v) is 9.64. The lowest BCUT2D eigenvalue weighted by molar-refractivity contribution is -0.176. The molecular weight excluding hydrogens is 208 g/mol. The maximum atomic E-state index is 9.28. The summed E-state index contributed by atoms with van der Waals surface area (Å²) in [6.45, 7) is 4.16. The van der Waals surface area contributed by atoms with Gasteiger partial charge >= 0.3 is 0 Å². The standard InChI is InChI=1S/C11H18N2O3/c1-11(2,14)16-7-3-6-15-9-4-5-10(12)13-8-9/h4-5,8,14H,3,6-7H2,1-2H3,(H2,12,13). The van der Waals surface area contributed by atoms with E-state index >= 15 is 0 Å². The molecule has 0 aliphatic rings. The third kappa shape index (κ3) is 5.53. The number of hydrogen-bond acceptors (Lipinski definition) is 5. The van der Waals surface area contributed by atoms with E-state index in [0.717, 1.165) is 0 Å². The van der Waals surface area contributed by atoms with Gasteiger partial charge in [0.25, 0.3) is 0 Å². The smallest absolute Gasteiger partial charge is 0.159 e. The zero-order chi connectivity index (χ0) is 12.0. The minimum absolute atomic E-state index is 0.450. The van der Waals surface area contributed by atoms with Crippen LogP contribution >= 0.6 is 0 Å². The fourth-order valence-electron chi connectivity index (χ4n) is 1.05. The van der Waals surface area contributed by atoms with Gasteiger partial charge in [-0.05, 0) is 26.0 Å². The molecule has 0 saturated heterocycles. The van der Waals surface area contributed by atoms with Gasteiger partial charge in [-0.1, -0.05) is 0 Å². The number of anilines is 1. The van der Waals surface area contributed by atoms with E-state index in [0.29, 0.717) is 31.2 Å². The quantitative estimate of drug-likeness (QED) is 0.562. The van der Waals surface area contributed by atoms with Crippen molar-refractivity contribution in [2.24, 2.45) is 0 Å². The Morgan fingerprint density at radius 1 is 1.38 bits per heavy atom. The van der Waals surface area contributed by atoms with Gasteiger partial charge in [0.15, 0.2) is 5.79 Å². The van der Waals surface area contributed by atoms with E-state index < -0.39 is 5.79 Å². The number of nitrogen functional groups attached to an aromatic ring is 1. The summed E-state index contributed by atoms with van der Waals surface area (Å²) in [7, 11) is 0. The normalized spacial score (nSPS) is 11.4. The molecule has 5 heteroatoms. The molecule has 0 saturated carbocycles. The summed E-state index contributed by atoms with van der Waals surface area (Å²) in [5, 5.41) is 9.28. The number of aromatic nitrogens is 1. The fourth-order valence-corrected chi connectivity index (χ4v) is 1.05. The lowest BCUT2D eigenvalue weighted by atomic mass is 10.4. The number of aliphatic hydroxyl groups is 1. The topological polar surface area (TPSA) is 77.6 Å². The van der Waals surface area contributed by atoms with Gasteiger partial charge in [0, 0.05) is 6.42 Å². The van der Waals surface area contributed by atoms with E-state index in [4.69, 9.17) is 15.2 Å². The lowest BCUT2D eigenvalue weighted by Crippen LogP contribution is -2.24. The van der Waals surface area contributed by atoms with Crippen molar-refractivity contribution in [2.75, 3.05) is 18.9 Å². The van der Waals surface area contributed by atoms with Crippen LogP contribution in [0, 0.1) is 0 Å². The Bertz CT molecular complexity index is 306. The first-order valence-electron chi connectivity index (χ1n) is 5.18. The van der Waals surface area contributed by atoms with E-state index in [1.54, 1.807) is 32.2 Å². The summed E-state index contributed by atoms with van der Waals surface area (Å²) in [6.07, 6.45) is 2.28. The Kier molecular flexibility index (Phi) is 4.52. The molecule has 1 heterocycles. The molecule has 0 atom stereocenters. The molecule has 0 unspecified atom stereocenters. The number of pyridine rings is 1. The summed E-state index contributed by atoms with van der Waals surface area (Å²) in [5.74, 6) is 0.0677. The Morgan fingerprint density at radius 2 is 2.12 bits per heavy atom. The third-order valence-electron chi connectivity index (χ3n) is 1.77. The third-order valence-corrected chi connectivity index (χ3v) is 1.77. The van der Waals surface area contributed by atoms with Crippen molar-refractivity contribution in [3.05, 3.63) is 18.3 Å². The second kappa shape index (κ2) is 5.67. The number of ether oxygens (including phenoxy) is 2. The molecule has 0 bridgehead atoms. The van der Waals surface area contributed by atoms with Crippen LogP contribution < -0.4 is 10.5 Å². The number of hydrogen-bond donors (Lipinski definition) is 2. The van der Waals surface area contributed by atoms with Crippen molar-refractivity contribution >= 4 is 5.82 Å². The molecule has 0 spiro atoms. The van der Waals surface area contributed by atoms with Crippen molar-refractivity contribution < 1.29 is 14.6 Å². The number of rotatable bonds is 6. The molecule has 0 aromatic carbocycles. The number of nitrogens with two attached hydrogens (primary N) is 1. The van der Waals surface area contributed by atoms with E-state index in [2.05, 4.69) is 4.98 Å². The summed E-state index contributed by atoms with van der Waals surface area (Å²) in [4.78, 5) is 3.90. The zero-order valence-electron chi connectivity index (χ0n) is 9.64. The first-order valence-corrected chi connectivity index (χ1v) is 5.18. The molecule has 1 aromatic heterocycles. The molecule has 0 fully saturated rings. The lowest BCUT2D eigenvalue weighted by Gasteiger charge is -2.17. The molecular formula is C11H18N2O3. The molecule has 0 radical (unpaired) electrons. The van der Waals surface area contributed by atoms with Crippen LogP contribution in [0.1, 0.15) is 20.3 Å². The van der Waals surface area contributed by atoms with Gasteiger partial charge in [0.1, 0.15) is 11.6 Å². The van der Waals surface area contributed by atoms with Crippen LogP contribution in [0.25, 0.3) is 0 Å². The van der Waals surface area contributed by atoms with E-state index in [9.17, 15) is 5.11 Å². The molecule has 1 rings (SSSR count). The highest BCUT2D eigenvalue weighted by Gasteiger charge is 2.11. The second-order valence-electron chi connectivity index (χ2n) is 3.92. The van der Waals surface area contributed by atoms with E-state index in [1.165, 1.54) is 0 Å². The second-order valence-corrected chi connectivity index (χ2v) is 3.92. The van der Waals surface area contributed by atoms with E-state index in [1.807, 2.05) is 0 Å². The van der Waals surface area contributed by atoms with Gasteiger partial charge in [-0.2, -0.15) is 0 Å². The highest BCUT2D eigenvalue weighted by atomic mass is 16.6. The molecule has 0 amide bonds. The van der Waals surface area contributed by atoms with Crippen molar-refractivity contribution in [1.82, 2.24) is 4.98 Å². The Morgan fingerprint density at radius 3 is 2.69 bits per heavy atom. The summed E-state index contributed by atoms with van der Waals surface area (Å²) < 4.78 is 10.5. The van der Waals surface area contributed by atoms with Crippen LogP contribution in [0.4, 0.5) is 5.82 Å². The van der Waals surface area contributed by atoms with Crippen molar-refractivity contribution in [2.45, 2.75) is 26.1 Å². The highest BCUT2D eigenvalue weighted by Crippen LogP contribution is 2.10. The molecule has 3 N–H and O–H groups in total. The molecule has 90 valence electrons. The van der Waals surface area contributed by atoms with Crippen molar-refractivity contribution in [3.8, 4) is 5.75 Å². The Labute approximate surface area is 95.2 Å². The summed E-state index contributed by atoms with van der Waals surface area (Å²) in [6, 6.07) is 3.45. The van der Waals surface area contributed by atoms with E-state index in [-0.39, 0.29) is 0 Å². The van der Waals surface area contributed by atoms with Crippen LogP contribution in [0.2, 0.25) is 0 Å². The van der Waals surface area contributed by atoms with Gasteiger partial charge in [-0.3, -0.25) is 0 Å². The summed E-state index contributed by atoms with van der Waals surface area (Å²) >= 11 is 0. The van der Waals surface area contributed by atoms with Gasteiger partial charge in [0.05, 0.1) is 19.4 Å². The minimum atomic E-state index is -1.08. The molecule has 0 aliphatic carbocycles. The number of nitrogens with zero attached hydrogens (tertiary/aromatic N) is 1. The van der Waals surface area contributed by atoms with Gasteiger partial charge in [-0.25, -0.2) is 4.98 Å². The SMILES string of the molecule is CC(C)(O)OCCCOc1ccc(N)nc1. The van der Waals surface area contributed by atoms with Crippen molar-refractivity contribution in [1.29, 1.82) is 0 Å². The molecule has 5 nitrogen and oxygen atoms in total. The first-order chi connectivity index (χ1) is 7.47.